The molecule has 2 N–H and O–H groups in total. The van der Waals surface area contributed by atoms with Gasteiger partial charge in [-0.1, -0.05) is 0 Å². The van der Waals surface area contributed by atoms with Crippen molar-refractivity contribution in [2.24, 2.45) is 0 Å². The fraction of sp³-hybridized carbons (Fsp3) is 0. The molecule has 0 aliphatic carbocycles. The van der Waals surface area contributed by atoms with E-state index in [0.29, 0.717) is 5.69 Å². The van der Waals surface area contributed by atoms with Gasteiger partial charge in [-0.3, -0.25) is 4.98 Å². The summed E-state index contributed by atoms with van der Waals surface area (Å²) in [6.07, 6.45) is 3.32. The third-order valence-electron chi connectivity index (χ3n) is 1.45. The third-order valence-corrected chi connectivity index (χ3v) is 1.45. The van der Waals surface area contributed by atoms with Gasteiger partial charge >= 0.3 is 0 Å². The number of hydrogen-bond acceptors (Lipinski definition) is 5. The summed E-state index contributed by atoms with van der Waals surface area (Å²) in [6, 6.07) is 3.63. The number of hydrogen-bond donors (Lipinski definition) is 1. The van der Waals surface area contributed by atoms with E-state index >= 15 is 0 Å². The molecule has 2 rings (SSSR count). The average Bonchev–Trinajstić information content (AvgIpc) is 2.53. The lowest BCUT2D eigenvalue weighted by Crippen LogP contribution is -1.88. The summed E-state index contributed by atoms with van der Waals surface area (Å²) in [5.41, 5.74) is 6.81. The Hall–Kier alpha value is -1.91. The Bertz CT molecular complexity index is 370. The van der Waals surface area contributed by atoms with E-state index in [-0.39, 0.29) is 5.82 Å². The first-order chi connectivity index (χ1) is 5.88. The van der Waals surface area contributed by atoms with Crippen LogP contribution in [0.25, 0.3) is 11.3 Å². The summed E-state index contributed by atoms with van der Waals surface area (Å²) in [4.78, 5) is 3.92. The molecular formula is C7H6N4O. The van der Waals surface area contributed by atoms with Crippen molar-refractivity contribution in [1.29, 1.82) is 0 Å². The fourth-order valence-corrected chi connectivity index (χ4v) is 0.899. The lowest BCUT2D eigenvalue weighted by atomic mass is 10.2. The van der Waals surface area contributed by atoms with E-state index in [1.54, 1.807) is 18.5 Å². The zero-order chi connectivity index (χ0) is 8.39. The lowest BCUT2D eigenvalue weighted by molar-refractivity contribution is 0.310. The highest BCUT2D eigenvalue weighted by Crippen LogP contribution is 2.19. The molecule has 2 heterocycles. The summed E-state index contributed by atoms with van der Waals surface area (Å²) < 4.78 is 4.45. The Kier molecular flexibility index (Phi) is 1.48. The number of aromatic nitrogens is 3. The van der Waals surface area contributed by atoms with E-state index in [1.165, 1.54) is 0 Å². The monoisotopic (exact) mass is 162 g/mol. The van der Waals surface area contributed by atoms with Gasteiger partial charge in [-0.25, -0.2) is 4.63 Å². The molecule has 0 unspecified atom stereocenters. The van der Waals surface area contributed by atoms with Crippen LogP contribution in [0.2, 0.25) is 0 Å². The summed E-state index contributed by atoms with van der Waals surface area (Å²) in [6.45, 7) is 0. The average molecular weight is 162 g/mol. The van der Waals surface area contributed by atoms with Crippen LogP contribution in [0.3, 0.4) is 0 Å². The van der Waals surface area contributed by atoms with Crippen LogP contribution in [-0.2, 0) is 0 Å². The van der Waals surface area contributed by atoms with E-state index in [4.69, 9.17) is 5.73 Å². The highest BCUT2D eigenvalue weighted by Gasteiger charge is 2.07. The lowest BCUT2D eigenvalue weighted by Gasteiger charge is -1.91. The SMILES string of the molecule is Nc1nonc1-c1cccnc1. The molecule has 0 amide bonds. The quantitative estimate of drug-likeness (QED) is 0.668. The fourth-order valence-electron chi connectivity index (χ4n) is 0.899. The molecule has 2 aromatic heterocycles. The van der Waals surface area contributed by atoms with E-state index in [0.717, 1.165) is 5.56 Å². The topological polar surface area (TPSA) is 77.8 Å². The number of anilines is 1. The van der Waals surface area contributed by atoms with Crippen molar-refractivity contribution < 1.29 is 4.63 Å². The summed E-state index contributed by atoms with van der Waals surface area (Å²) in [5, 5.41) is 7.09. The molecule has 5 nitrogen and oxygen atoms in total. The Morgan fingerprint density at radius 2 is 2.25 bits per heavy atom. The molecule has 0 radical (unpaired) electrons. The van der Waals surface area contributed by atoms with Gasteiger partial charge < -0.3 is 5.73 Å². The molecule has 2 aromatic rings. The Labute approximate surface area is 68.2 Å². The van der Waals surface area contributed by atoms with Gasteiger partial charge in [0.25, 0.3) is 0 Å². The molecule has 0 bridgehead atoms. The Balaban J connectivity index is 2.51. The maximum atomic E-state index is 5.48. The second-order valence-electron chi connectivity index (χ2n) is 2.24. The van der Waals surface area contributed by atoms with Gasteiger partial charge in [0.1, 0.15) is 0 Å². The molecule has 5 heteroatoms. The first-order valence-electron chi connectivity index (χ1n) is 3.36. The molecule has 0 fully saturated rings. The van der Waals surface area contributed by atoms with Gasteiger partial charge in [0.05, 0.1) is 0 Å². The third kappa shape index (κ3) is 1.01. The van der Waals surface area contributed by atoms with Crippen LogP contribution in [0.1, 0.15) is 0 Å². The first-order valence-corrected chi connectivity index (χ1v) is 3.36. The normalized spacial score (nSPS) is 10.0. The van der Waals surface area contributed by atoms with Crippen LogP contribution in [0.15, 0.2) is 29.2 Å². The van der Waals surface area contributed by atoms with Crippen LogP contribution < -0.4 is 5.73 Å². The van der Waals surface area contributed by atoms with Gasteiger partial charge in [0.15, 0.2) is 11.5 Å². The van der Waals surface area contributed by atoms with Gasteiger partial charge in [-0.15, -0.1) is 0 Å². The number of rotatable bonds is 1. The van der Waals surface area contributed by atoms with Crippen LogP contribution in [0, 0.1) is 0 Å². The van der Waals surface area contributed by atoms with E-state index in [9.17, 15) is 0 Å². The van der Waals surface area contributed by atoms with Gasteiger partial charge in [0.2, 0.25) is 0 Å². The summed E-state index contributed by atoms with van der Waals surface area (Å²) >= 11 is 0. The zero-order valence-corrected chi connectivity index (χ0v) is 6.14. The number of nitrogens with zero attached hydrogens (tertiary/aromatic N) is 3. The van der Waals surface area contributed by atoms with Crippen molar-refractivity contribution in [3.8, 4) is 11.3 Å². The van der Waals surface area contributed by atoms with Crippen molar-refractivity contribution in [1.82, 2.24) is 15.3 Å². The molecule has 60 valence electrons. The second kappa shape index (κ2) is 2.61. The van der Waals surface area contributed by atoms with Gasteiger partial charge in [-0.05, 0) is 22.4 Å². The standard InChI is InChI=1S/C7H6N4O/c8-7-6(10-12-11-7)5-2-1-3-9-4-5/h1-4H,(H2,8,11). The van der Waals surface area contributed by atoms with Crippen molar-refractivity contribution in [3.05, 3.63) is 24.5 Å². The number of nitrogens with two attached hydrogens (primary N) is 1. The van der Waals surface area contributed by atoms with E-state index in [1.807, 2.05) is 6.07 Å². The Morgan fingerprint density at radius 1 is 1.33 bits per heavy atom. The largest absolute Gasteiger partial charge is 0.379 e. The minimum absolute atomic E-state index is 0.281. The molecule has 0 aromatic carbocycles. The van der Waals surface area contributed by atoms with Crippen LogP contribution in [0.5, 0.6) is 0 Å². The molecular weight excluding hydrogens is 156 g/mol. The van der Waals surface area contributed by atoms with Crippen LogP contribution in [0.4, 0.5) is 5.82 Å². The van der Waals surface area contributed by atoms with Crippen molar-refractivity contribution in [2.75, 3.05) is 5.73 Å². The molecule has 0 spiro atoms. The predicted octanol–water partition coefficient (Wildman–Crippen LogP) is 0.714. The predicted molar refractivity (Wildman–Crippen MR) is 41.9 cm³/mol. The molecule has 0 saturated carbocycles. The molecule has 0 aliphatic heterocycles. The van der Waals surface area contributed by atoms with E-state index < -0.39 is 0 Å². The molecule has 0 saturated heterocycles. The summed E-state index contributed by atoms with van der Waals surface area (Å²) in [7, 11) is 0. The highest BCUT2D eigenvalue weighted by molar-refractivity contribution is 5.67. The van der Waals surface area contributed by atoms with Crippen molar-refractivity contribution in [2.45, 2.75) is 0 Å². The molecule has 0 atom stereocenters. The highest BCUT2D eigenvalue weighted by atomic mass is 16.6. The minimum atomic E-state index is 0.281. The molecule has 12 heavy (non-hydrogen) atoms. The minimum Gasteiger partial charge on any atom is -0.379 e. The zero-order valence-electron chi connectivity index (χ0n) is 6.14. The first kappa shape index (κ1) is 6.78. The maximum Gasteiger partial charge on any atom is 0.196 e. The Morgan fingerprint density at radius 3 is 2.83 bits per heavy atom. The maximum absolute atomic E-state index is 5.48. The van der Waals surface area contributed by atoms with Gasteiger partial charge in [0, 0.05) is 18.0 Å². The van der Waals surface area contributed by atoms with Crippen LogP contribution in [-0.4, -0.2) is 15.3 Å². The van der Waals surface area contributed by atoms with Crippen LogP contribution >= 0.6 is 0 Å². The molecule has 0 aliphatic rings. The van der Waals surface area contributed by atoms with Crippen molar-refractivity contribution in [3.63, 3.8) is 0 Å². The number of nitrogen functional groups attached to an aromatic ring is 1. The number of pyridine rings is 1. The summed E-state index contributed by atoms with van der Waals surface area (Å²) in [5.74, 6) is 0.281. The second-order valence-corrected chi connectivity index (χ2v) is 2.24. The van der Waals surface area contributed by atoms with Gasteiger partial charge in [-0.2, -0.15) is 0 Å². The smallest absolute Gasteiger partial charge is 0.196 e. The van der Waals surface area contributed by atoms with Crippen molar-refractivity contribution >= 4 is 5.82 Å². The van der Waals surface area contributed by atoms with E-state index in [2.05, 4.69) is 19.9 Å².